The van der Waals surface area contributed by atoms with E-state index in [1.807, 2.05) is 3.26 Å². The van der Waals surface area contributed by atoms with E-state index < -0.39 is 18.0 Å². The molecule has 0 nitrogen and oxygen atoms in total. The van der Waals surface area contributed by atoms with Gasteiger partial charge in [-0.15, -0.1) is 0 Å². The number of benzene rings is 6. The van der Waals surface area contributed by atoms with E-state index in [-0.39, 0.29) is 0 Å². The fourth-order valence-corrected chi connectivity index (χ4v) is 35.7. The van der Waals surface area contributed by atoms with Crippen molar-refractivity contribution in [2.24, 2.45) is 0 Å². The van der Waals surface area contributed by atoms with Gasteiger partial charge in [-0.2, -0.15) is 0 Å². The molecule has 0 spiro atoms. The van der Waals surface area contributed by atoms with Crippen molar-refractivity contribution in [3.63, 3.8) is 0 Å². The topological polar surface area (TPSA) is 0 Å². The maximum atomic E-state index is 2.83. The molecule has 1 heteroatoms. The summed E-state index contributed by atoms with van der Waals surface area (Å²) in [5.41, 5.74) is 16.4. The fourth-order valence-electron chi connectivity index (χ4n) is 10.0. The Morgan fingerprint density at radius 1 is 0.423 bits per heavy atom. The Kier molecular flexibility index (Phi) is 9.43. The SMILES string of the molecule is CCC[C](CCC)=[Hf]([CH3])([CH3])([CH]1C=Cc2c(-c3ccccc3-c3ccccc3)cccc21)[CH]1C=Cc2c(-c3ccccc3-c3ccccc3)cccc21. The van der Waals surface area contributed by atoms with Crippen LogP contribution in [0.4, 0.5) is 0 Å². The molecule has 0 heterocycles. The maximum absolute atomic E-state index is 4.20. The van der Waals surface area contributed by atoms with Gasteiger partial charge in [0.2, 0.25) is 0 Å². The van der Waals surface area contributed by atoms with Crippen molar-refractivity contribution >= 4 is 15.4 Å². The van der Waals surface area contributed by atoms with Gasteiger partial charge < -0.3 is 0 Å². The zero-order chi connectivity index (χ0) is 35.7. The van der Waals surface area contributed by atoms with Gasteiger partial charge in [-0.3, -0.25) is 0 Å². The first-order valence-electron chi connectivity index (χ1n) is 19.4. The van der Waals surface area contributed by atoms with Crippen molar-refractivity contribution in [3.05, 3.63) is 180 Å². The summed E-state index contributed by atoms with van der Waals surface area (Å²) < 4.78 is 8.44. The van der Waals surface area contributed by atoms with Crippen LogP contribution in [-0.2, 0) is 18.0 Å². The Hall–Kier alpha value is -4.46. The predicted molar refractivity (Wildman–Crippen MR) is 225 cm³/mol. The summed E-state index contributed by atoms with van der Waals surface area (Å²) >= 11 is -4.20. The number of hydrogen-bond acceptors (Lipinski definition) is 0. The Bertz CT molecular complexity index is 2220. The molecule has 6 aromatic carbocycles. The molecule has 0 aliphatic heterocycles. The third-order valence-corrected chi connectivity index (χ3v) is 39.8. The molecule has 0 saturated heterocycles. The summed E-state index contributed by atoms with van der Waals surface area (Å²) in [4.78, 5) is 0. The van der Waals surface area contributed by atoms with Crippen LogP contribution in [-0.4, -0.2) is 3.26 Å². The second-order valence-corrected chi connectivity index (χ2v) is 41.6. The van der Waals surface area contributed by atoms with Crippen LogP contribution in [0.3, 0.4) is 0 Å². The zero-order valence-electron chi connectivity index (χ0n) is 31.1. The van der Waals surface area contributed by atoms with Crippen molar-refractivity contribution in [1.82, 2.24) is 0 Å². The molecule has 6 aromatic rings. The van der Waals surface area contributed by atoms with Gasteiger partial charge in [0.05, 0.1) is 0 Å². The first-order chi connectivity index (χ1) is 25.4. The van der Waals surface area contributed by atoms with Gasteiger partial charge in [-0.25, -0.2) is 0 Å². The van der Waals surface area contributed by atoms with Gasteiger partial charge >= 0.3 is 314 Å². The van der Waals surface area contributed by atoms with E-state index in [0.29, 0.717) is 7.35 Å². The van der Waals surface area contributed by atoms with E-state index >= 15 is 0 Å². The zero-order valence-corrected chi connectivity index (χ0v) is 34.7. The van der Waals surface area contributed by atoms with Crippen molar-refractivity contribution in [1.29, 1.82) is 0 Å². The van der Waals surface area contributed by atoms with Crippen LogP contribution in [0.1, 0.15) is 69.1 Å². The van der Waals surface area contributed by atoms with E-state index in [2.05, 4.69) is 193 Å². The summed E-state index contributed by atoms with van der Waals surface area (Å²) in [5.74, 6) is 0. The van der Waals surface area contributed by atoms with Gasteiger partial charge in [0.15, 0.2) is 0 Å². The third-order valence-electron chi connectivity index (χ3n) is 12.6. The van der Waals surface area contributed by atoms with Crippen LogP contribution < -0.4 is 0 Å². The monoisotopic (exact) mass is 842 g/mol. The molecule has 2 unspecified atom stereocenters. The molecule has 0 aromatic heterocycles. The summed E-state index contributed by atoms with van der Waals surface area (Å²) in [6.07, 6.45) is 15.2. The Balaban J connectivity index is 1.31. The summed E-state index contributed by atoms with van der Waals surface area (Å²) in [6.45, 7) is 4.78. The van der Waals surface area contributed by atoms with Crippen LogP contribution in [0.5, 0.6) is 0 Å². The number of fused-ring (bicyclic) bond motifs is 2. The molecular formula is C51H50Hf. The van der Waals surface area contributed by atoms with Gasteiger partial charge in [0, 0.05) is 0 Å². The standard InChI is InChI=1S/2C21H15.C7H14.2CH3.Hf/c2*1-2-8-16(9-3-1)18-12-4-5-13-20(18)21-15-7-11-17-10-6-14-19(17)21;1-3-5-7-6-4-2;;;/h2*1-15H;3-6H2,1-2H3;2*1H3;. The number of allylic oxidation sites excluding steroid dienone is 2. The second-order valence-electron chi connectivity index (χ2n) is 15.8. The quantitative estimate of drug-likeness (QED) is 0.121. The third kappa shape index (κ3) is 5.73. The summed E-state index contributed by atoms with van der Waals surface area (Å²) in [5, 5.41) is 0. The Morgan fingerprint density at radius 3 is 1.19 bits per heavy atom. The van der Waals surface area contributed by atoms with E-state index in [1.54, 1.807) is 0 Å². The van der Waals surface area contributed by atoms with Crippen LogP contribution in [0.15, 0.2) is 158 Å². The van der Waals surface area contributed by atoms with Gasteiger partial charge in [0.25, 0.3) is 0 Å². The van der Waals surface area contributed by atoms with E-state index in [0.717, 1.165) is 0 Å². The van der Waals surface area contributed by atoms with Crippen LogP contribution in [0.2, 0.25) is 9.36 Å². The average Bonchev–Trinajstić information content (AvgIpc) is 3.85. The van der Waals surface area contributed by atoms with E-state index in [1.165, 1.54) is 92.4 Å². The van der Waals surface area contributed by atoms with E-state index in [4.69, 9.17) is 0 Å². The van der Waals surface area contributed by atoms with Crippen LogP contribution >= 0.6 is 0 Å². The molecule has 0 N–H and O–H groups in total. The van der Waals surface area contributed by atoms with Crippen molar-refractivity contribution < 1.29 is 18.0 Å². The number of rotatable bonds is 10. The number of hydrogen-bond donors (Lipinski definition) is 0. The van der Waals surface area contributed by atoms with Gasteiger partial charge in [-0.1, -0.05) is 0 Å². The minimum atomic E-state index is -4.20. The molecule has 2 aliphatic rings. The van der Waals surface area contributed by atoms with Crippen LogP contribution in [0.25, 0.3) is 56.7 Å². The molecule has 0 amide bonds. The average molecular weight is 841 g/mol. The molecule has 0 radical (unpaired) electrons. The molecule has 2 aliphatic carbocycles. The fraction of sp³-hybridized carbons (Fsp3) is 0.196. The first kappa shape index (κ1) is 34.6. The normalized spacial score (nSPS) is 16.2. The van der Waals surface area contributed by atoms with Crippen molar-refractivity contribution in [2.45, 2.75) is 56.2 Å². The van der Waals surface area contributed by atoms with Crippen molar-refractivity contribution in [2.75, 3.05) is 0 Å². The molecule has 0 fully saturated rings. The molecule has 52 heavy (non-hydrogen) atoms. The van der Waals surface area contributed by atoms with E-state index in [9.17, 15) is 0 Å². The summed E-state index contributed by atoms with van der Waals surface area (Å²) in [6, 6.07) is 54.1. The molecule has 0 bridgehead atoms. The minimum absolute atomic E-state index is 0.435. The molecule has 0 saturated carbocycles. The first-order valence-corrected chi connectivity index (χ1v) is 32.5. The molecule has 258 valence electrons. The Morgan fingerprint density at radius 2 is 0.788 bits per heavy atom. The Labute approximate surface area is 312 Å². The molecular weight excluding hydrogens is 791 g/mol. The van der Waals surface area contributed by atoms with Gasteiger partial charge in [-0.05, 0) is 0 Å². The van der Waals surface area contributed by atoms with Gasteiger partial charge in [0.1, 0.15) is 0 Å². The van der Waals surface area contributed by atoms with Crippen molar-refractivity contribution in [3.8, 4) is 44.5 Å². The molecule has 2 atom stereocenters. The second kappa shape index (κ2) is 14.2. The summed E-state index contributed by atoms with van der Waals surface area (Å²) in [7, 11) is 0. The predicted octanol–water partition coefficient (Wildman–Crippen LogP) is 14.7. The van der Waals surface area contributed by atoms with Crippen LogP contribution in [0, 0.1) is 0 Å². The molecule has 8 rings (SSSR count).